The maximum Gasteiger partial charge on any atom is 0.269 e. The second kappa shape index (κ2) is 9.86. The van der Waals surface area contributed by atoms with E-state index in [1.54, 1.807) is 12.1 Å². The molecule has 4 rings (SSSR count). The second-order valence-corrected chi connectivity index (χ2v) is 7.16. The van der Waals surface area contributed by atoms with Crippen molar-refractivity contribution in [3.63, 3.8) is 0 Å². The summed E-state index contributed by atoms with van der Waals surface area (Å²) in [7, 11) is 0. The molecule has 0 atom stereocenters. The molecule has 7 nitrogen and oxygen atoms in total. The Bertz CT molecular complexity index is 1040. The fourth-order valence-electron chi connectivity index (χ4n) is 3.30. The lowest BCUT2D eigenvalue weighted by Gasteiger charge is -2.28. The average molecular weight is 417 g/mol. The van der Waals surface area contributed by atoms with Crippen LogP contribution < -0.4 is 9.64 Å². The van der Waals surface area contributed by atoms with Crippen LogP contribution in [0.5, 0.6) is 5.75 Å². The fraction of sp³-hybridized carbons (Fsp3) is 0.208. The van der Waals surface area contributed by atoms with Gasteiger partial charge in [-0.05, 0) is 59.7 Å². The molecule has 3 aromatic carbocycles. The minimum Gasteiger partial charge on any atom is -0.489 e. The average Bonchev–Trinajstić information content (AvgIpc) is 2.83. The number of ether oxygens (including phenoxy) is 2. The lowest BCUT2D eigenvalue weighted by Crippen LogP contribution is -2.36. The molecule has 0 saturated carbocycles. The quantitative estimate of drug-likeness (QED) is 0.315. The van der Waals surface area contributed by atoms with E-state index < -0.39 is 4.92 Å². The highest BCUT2D eigenvalue weighted by Crippen LogP contribution is 2.21. The topological polar surface area (TPSA) is 77.2 Å². The molecule has 0 radical (unpaired) electrons. The zero-order chi connectivity index (χ0) is 21.5. The molecule has 1 fully saturated rings. The molecule has 0 aromatic heterocycles. The zero-order valence-corrected chi connectivity index (χ0v) is 17.0. The third-order valence-corrected chi connectivity index (χ3v) is 5.00. The number of nitro groups is 1. The van der Waals surface area contributed by atoms with E-state index in [4.69, 9.17) is 9.47 Å². The molecule has 158 valence electrons. The first-order chi connectivity index (χ1) is 15.2. The van der Waals surface area contributed by atoms with Gasteiger partial charge in [-0.3, -0.25) is 15.1 Å². The maximum absolute atomic E-state index is 10.9. The number of nitro benzene ring substituents is 1. The van der Waals surface area contributed by atoms with Crippen LogP contribution in [-0.2, 0) is 11.3 Å². The summed E-state index contributed by atoms with van der Waals surface area (Å²) < 4.78 is 11.1. The highest BCUT2D eigenvalue weighted by atomic mass is 16.6. The Kier molecular flexibility index (Phi) is 6.54. The largest absolute Gasteiger partial charge is 0.489 e. The van der Waals surface area contributed by atoms with Crippen LogP contribution in [0.4, 0.5) is 17.1 Å². The lowest BCUT2D eigenvalue weighted by molar-refractivity contribution is -0.384. The van der Waals surface area contributed by atoms with Crippen LogP contribution in [0.1, 0.15) is 11.1 Å². The zero-order valence-electron chi connectivity index (χ0n) is 17.0. The van der Waals surface area contributed by atoms with Gasteiger partial charge in [-0.25, -0.2) is 0 Å². The molecule has 3 aromatic rings. The highest BCUT2D eigenvalue weighted by molar-refractivity contribution is 5.82. The van der Waals surface area contributed by atoms with E-state index in [-0.39, 0.29) is 12.3 Å². The van der Waals surface area contributed by atoms with Crippen molar-refractivity contribution in [3.05, 3.63) is 94.0 Å². The summed E-state index contributed by atoms with van der Waals surface area (Å²) >= 11 is 0. The number of hydrogen-bond acceptors (Lipinski definition) is 6. The normalized spacial score (nSPS) is 14.0. The van der Waals surface area contributed by atoms with Crippen molar-refractivity contribution in [2.24, 2.45) is 4.99 Å². The van der Waals surface area contributed by atoms with Gasteiger partial charge in [0.1, 0.15) is 12.4 Å². The second-order valence-electron chi connectivity index (χ2n) is 7.16. The van der Waals surface area contributed by atoms with E-state index >= 15 is 0 Å². The highest BCUT2D eigenvalue weighted by Gasteiger charge is 2.10. The summed E-state index contributed by atoms with van der Waals surface area (Å²) in [5.41, 5.74) is 3.85. The molecule has 0 unspecified atom stereocenters. The molecule has 0 N–H and O–H groups in total. The van der Waals surface area contributed by atoms with Crippen molar-refractivity contribution >= 4 is 23.3 Å². The Morgan fingerprint density at radius 2 is 1.77 bits per heavy atom. The van der Waals surface area contributed by atoms with Gasteiger partial charge in [0.25, 0.3) is 5.69 Å². The van der Waals surface area contributed by atoms with E-state index in [1.807, 2.05) is 42.6 Å². The summed E-state index contributed by atoms with van der Waals surface area (Å²) in [4.78, 5) is 17.3. The molecule has 0 amide bonds. The van der Waals surface area contributed by atoms with Crippen LogP contribution in [0.3, 0.4) is 0 Å². The molecular formula is C24H23N3O4. The summed E-state index contributed by atoms with van der Waals surface area (Å²) in [6, 6.07) is 22.2. The molecule has 31 heavy (non-hydrogen) atoms. The van der Waals surface area contributed by atoms with E-state index in [0.29, 0.717) is 5.75 Å². The Morgan fingerprint density at radius 1 is 1.03 bits per heavy atom. The number of benzene rings is 3. The van der Waals surface area contributed by atoms with E-state index in [9.17, 15) is 10.1 Å². The lowest BCUT2D eigenvalue weighted by atomic mass is 10.2. The van der Waals surface area contributed by atoms with E-state index in [1.165, 1.54) is 17.8 Å². The summed E-state index contributed by atoms with van der Waals surface area (Å²) in [6.45, 7) is 3.64. The Morgan fingerprint density at radius 3 is 2.48 bits per heavy atom. The van der Waals surface area contributed by atoms with Gasteiger partial charge in [0.15, 0.2) is 0 Å². The van der Waals surface area contributed by atoms with Gasteiger partial charge in [0.05, 0.1) is 23.8 Å². The first-order valence-electron chi connectivity index (χ1n) is 10.1. The minimum absolute atomic E-state index is 0.0608. The SMILES string of the molecule is O=[N+]([O-])c1cccc(COc2ccc(C=Nc3ccc(N4CCOCC4)cc3)cc2)c1. The third kappa shape index (κ3) is 5.67. The maximum atomic E-state index is 10.9. The summed E-state index contributed by atoms with van der Waals surface area (Å²) in [6.07, 6.45) is 1.81. The number of rotatable bonds is 7. The van der Waals surface area contributed by atoms with Gasteiger partial charge in [-0.1, -0.05) is 12.1 Å². The number of non-ortho nitro benzene ring substituents is 1. The van der Waals surface area contributed by atoms with Gasteiger partial charge >= 0.3 is 0 Å². The van der Waals surface area contributed by atoms with Gasteiger partial charge < -0.3 is 14.4 Å². The first-order valence-corrected chi connectivity index (χ1v) is 10.1. The summed E-state index contributed by atoms with van der Waals surface area (Å²) in [5, 5.41) is 10.9. The Hall–Kier alpha value is -3.71. The van der Waals surface area contributed by atoms with Crippen LogP contribution >= 0.6 is 0 Å². The number of hydrogen-bond donors (Lipinski definition) is 0. The fourth-order valence-corrected chi connectivity index (χ4v) is 3.30. The van der Waals surface area contributed by atoms with Crippen molar-refractivity contribution in [1.29, 1.82) is 0 Å². The molecular weight excluding hydrogens is 394 g/mol. The minimum atomic E-state index is -0.409. The molecule has 1 heterocycles. The van der Waals surface area contributed by atoms with Gasteiger partial charge in [-0.2, -0.15) is 0 Å². The number of nitrogens with zero attached hydrogens (tertiary/aromatic N) is 3. The van der Waals surface area contributed by atoms with Crippen LogP contribution in [0.25, 0.3) is 0 Å². The van der Waals surface area contributed by atoms with Crippen molar-refractivity contribution in [2.75, 3.05) is 31.2 Å². The van der Waals surface area contributed by atoms with Gasteiger partial charge in [0.2, 0.25) is 0 Å². The molecule has 0 bridgehead atoms. The van der Waals surface area contributed by atoms with Crippen LogP contribution in [0.15, 0.2) is 77.8 Å². The molecule has 0 spiro atoms. The van der Waals surface area contributed by atoms with Crippen molar-refractivity contribution in [3.8, 4) is 5.75 Å². The molecule has 1 saturated heterocycles. The van der Waals surface area contributed by atoms with Crippen molar-refractivity contribution < 1.29 is 14.4 Å². The molecule has 1 aliphatic rings. The monoisotopic (exact) mass is 417 g/mol. The Labute approximate surface area is 180 Å². The van der Waals surface area contributed by atoms with Crippen LogP contribution in [-0.4, -0.2) is 37.4 Å². The Balaban J connectivity index is 1.32. The number of morpholine rings is 1. The molecule has 0 aliphatic carbocycles. The van der Waals surface area contributed by atoms with Gasteiger partial charge in [0, 0.05) is 37.1 Å². The predicted molar refractivity (Wildman–Crippen MR) is 121 cm³/mol. The molecule has 1 aliphatic heterocycles. The third-order valence-electron chi connectivity index (χ3n) is 5.00. The molecule has 7 heteroatoms. The van der Waals surface area contributed by atoms with Crippen LogP contribution in [0, 0.1) is 10.1 Å². The van der Waals surface area contributed by atoms with Gasteiger partial charge in [-0.15, -0.1) is 0 Å². The van der Waals surface area contributed by atoms with E-state index in [0.717, 1.165) is 43.1 Å². The van der Waals surface area contributed by atoms with Crippen molar-refractivity contribution in [1.82, 2.24) is 0 Å². The standard InChI is InChI=1S/C24H23N3O4/c28-27(29)23-3-1-2-20(16-23)18-31-24-10-4-19(5-11-24)17-25-21-6-8-22(9-7-21)26-12-14-30-15-13-26/h1-11,16-17H,12-15,18H2. The van der Waals surface area contributed by atoms with Crippen LogP contribution in [0.2, 0.25) is 0 Å². The number of aliphatic imine (C=N–C) groups is 1. The summed E-state index contributed by atoms with van der Waals surface area (Å²) in [5.74, 6) is 0.693. The van der Waals surface area contributed by atoms with E-state index in [2.05, 4.69) is 22.0 Å². The first kappa shape index (κ1) is 20.6. The number of anilines is 1. The predicted octanol–water partition coefficient (Wildman–Crippen LogP) is 4.76. The van der Waals surface area contributed by atoms with Crippen molar-refractivity contribution in [2.45, 2.75) is 6.61 Å². The smallest absolute Gasteiger partial charge is 0.269 e.